The Kier molecular flexibility index (Phi) is 11.3. The van der Waals surface area contributed by atoms with Crippen LogP contribution in [0.25, 0.3) is 0 Å². The van der Waals surface area contributed by atoms with E-state index in [4.69, 9.17) is 22.1 Å². The second-order valence-corrected chi connectivity index (χ2v) is 9.08. The summed E-state index contributed by atoms with van der Waals surface area (Å²) in [5, 5.41) is 3.18. The second kappa shape index (κ2) is 14.1. The van der Waals surface area contributed by atoms with E-state index in [1.165, 1.54) is 36.5 Å². The maximum absolute atomic E-state index is 13.2. The molecule has 0 saturated heterocycles. The highest BCUT2D eigenvalue weighted by molar-refractivity contribution is 6.33. The Hall–Kier alpha value is -3.93. The van der Waals surface area contributed by atoms with E-state index in [2.05, 4.69) is 10.7 Å². The molecular weight excluding hydrogens is 521 g/mol. The zero-order chi connectivity index (χ0) is 28.4. The molecule has 1 heterocycles. The van der Waals surface area contributed by atoms with Crippen molar-refractivity contribution in [3.8, 4) is 0 Å². The van der Waals surface area contributed by atoms with Gasteiger partial charge in [-0.3, -0.25) is 29.4 Å². The highest BCUT2D eigenvalue weighted by Crippen LogP contribution is 2.21. The summed E-state index contributed by atoms with van der Waals surface area (Å²) in [5.41, 5.74) is 7.49. The van der Waals surface area contributed by atoms with Gasteiger partial charge in [0.05, 0.1) is 17.3 Å². The van der Waals surface area contributed by atoms with Gasteiger partial charge in [-0.1, -0.05) is 38.8 Å². The number of nitrogen functional groups attached to an aromatic ring is 1. The highest BCUT2D eigenvalue weighted by Gasteiger charge is 2.29. The number of esters is 1. The third-order valence-corrected chi connectivity index (χ3v) is 5.72. The minimum atomic E-state index is -1.47. The number of halogens is 2. The number of pyridine rings is 1. The fraction of sp³-hybridized carbons (Fsp3) is 0.400. The third-order valence-electron chi connectivity index (χ3n) is 5.39. The Morgan fingerprint density at radius 1 is 1.21 bits per heavy atom. The first-order valence-electron chi connectivity index (χ1n) is 11.9. The Labute approximate surface area is 224 Å². The first kappa shape index (κ1) is 30.3. The molecule has 0 fully saturated rings. The number of nitrogens with one attached hydrogen (secondary N) is 2. The first-order chi connectivity index (χ1) is 18.0. The Bertz CT molecular complexity index is 1230. The van der Waals surface area contributed by atoms with Crippen molar-refractivity contribution in [3.05, 3.63) is 57.5 Å². The van der Waals surface area contributed by atoms with Crippen molar-refractivity contribution in [2.24, 2.45) is 5.92 Å². The van der Waals surface area contributed by atoms with Crippen molar-refractivity contribution in [1.82, 2.24) is 15.0 Å². The molecule has 1 aromatic carbocycles. The average Bonchev–Trinajstić information content (AvgIpc) is 2.87. The predicted octanol–water partition coefficient (Wildman–Crippen LogP) is 2.71. The van der Waals surface area contributed by atoms with E-state index in [1.54, 1.807) is 13.8 Å². The van der Waals surface area contributed by atoms with Gasteiger partial charge in [0.25, 0.3) is 23.3 Å². The molecule has 0 radical (unpaired) electrons. The number of nitrogens with zero attached hydrogens (tertiary/aromatic N) is 2. The van der Waals surface area contributed by atoms with Crippen molar-refractivity contribution in [2.75, 3.05) is 30.9 Å². The average molecular weight is 552 g/mol. The highest BCUT2D eigenvalue weighted by atomic mass is 35.5. The molecule has 38 heavy (non-hydrogen) atoms. The number of hydrazine groups is 1. The maximum Gasteiger partial charge on any atom is 0.327 e. The van der Waals surface area contributed by atoms with Crippen molar-refractivity contribution in [2.45, 2.75) is 39.7 Å². The largest absolute Gasteiger partial charge is 0.464 e. The maximum atomic E-state index is 13.2. The van der Waals surface area contributed by atoms with Crippen LogP contribution in [0.5, 0.6) is 0 Å². The van der Waals surface area contributed by atoms with Gasteiger partial charge >= 0.3 is 5.97 Å². The van der Waals surface area contributed by atoms with E-state index in [1.807, 2.05) is 6.92 Å². The molecule has 1 unspecified atom stereocenters. The van der Waals surface area contributed by atoms with Crippen LogP contribution in [0, 0.1) is 5.92 Å². The van der Waals surface area contributed by atoms with E-state index in [0.717, 1.165) is 11.0 Å². The third kappa shape index (κ3) is 8.04. The number of carbonyl (C=O) groups excluding carboxylic acids is 4. The summed E-state index contributed by atoms with van der Waals surface area (Å²) in [7, 11) is 0. The number of amides is 3. The monoisotopic (exact) mass is 551 g/mol. The molecule has 13 heteroatoms. The number of benzene rings is 1. The number of anilines is 2. The van der Waals surface area contributed by atoms with Crippen LogP contribution in [0.3, 0.4) is 0 Å². The lowest BCUT2D eigenvalue weighted by atomic mass is 10.0. The van der Waals surface area contributed by atoms with Gasteiger partial charge in [-0.05, 0) is 42.7 Å². The van der Waals surface area contributed by atoms with E-state index in [-0.39, 0.29) is 28.6 Å². The normalized spacial score (nSPS) is 11.5. The lowest BCUT2D eigenvalue weighted by Gasteiger charge is -2.27. The van der Waals surface area contributed by atoms with Gasteiger partial charge < -0.3 is 20.4 Å². The molecule has 3 amide bonds. The lowest BCUT2D eigenvalue weighted by molar-refractivity contribution is -0.154. The molecule has 0 spiro atoms. The molecule has 0 aliphatic carbocycles. The fourth-order valence-electron chi connectivity index (χ4n) is 3.40. The lowest BCUT2D eigenvalue weighted by Crippen LogP contribution is -2.53. The quantitative estimate of drug-likeness (QED) is 0.168. The van der Waals surface area contributed by atoms with Crippen LogP contribution in [0.1, 0.15) is 50.0 Å². The van der Waals surface area contributed by atoms with Gasteiger partial charge in [0.15, 0.2) is 6.67 Å². The van der Waals surface area contributed by atoms with Crippen molar-refractivity contribution < 1.29 is 28.3 Å². The summed E-state index contributed by atoms with van der Waals surface area (Å²) in [6.07, 6.45) is 2.71. The fourth-order valence-corrected chi connectivity index (χ4v) is 3.58. The molecule has 1 aromatic heterocycles. The van der Waals surface area contributed by atoms with E-state index in [9.17, 15) is 28.4 Å². The van der Waals surface area contributed by atoms with Gasteiger partial charge in [-0.25, -0.2) is 9.40 Å². The number of unbranched alkanes of at least 4 members (excludes halogenated alkanes) is 1. The molecule has 2 rings (SSSR count). The van der Waals surface area contributed by atoms with Gasteiger partial charge in [-0.2, -0.15) is 0 Å². The zero-order valence-corrected chi connectivity index (χ0v) is 22.1. The van der Waals surface area contributed by atoms with Gasteiger partial charge in [0, 0.05) is 11.8 Å². The Morgan fingerprint density at radius 3 is 2.53 bits per heavy atom. The minimum absolute atomic E-state index is 0.117. The molecule has 2 aromatic rings. The number of nitrogens with two attached hydrogens (primary N) is 1. The van der Waals surface area contributed by atoms with Crippen molar-refractivity contribution in [3.63, 3.8) is 0 Å². The molecule has 4 N–H and O–H groups in total. The Morgan fingerprint density at radius 2 is 1.92 bits per heavy atom. The number of alkyl halides is 1. The number of ether oxygens (including phenoxy) is 1. The van der Waals surface area contributed by atoms with Crippen LogP contribution in [-0.4, -0.2) is 53.1 Å². The van der Waals surface area contributed by atoms with E-state index >= 15 is 0 Å². The summed E-state index contributed by atoms with van der Waals surface area (Å²) in [4.78, 5) is 63.2. The van der Waals surface area contributed by atoms with E-state index in [0.29, 0.717) is 11.4 Å². The van der Waals surface area contributed by atoms with Crippen LogP contribution in [-0.2, 0) is 19.1 Å². The Balaban J connectivity index is 2.28. The van der Waals surface area contributed by atoms with Gasteiger partial charge in [0.1, 0.15) is 18.3 Å². The number of aromatic nitrogens is 1. The number of carbonyl (C=O) groups is 4. The smallest absolute Gasteiger partial charge is 0.327 e. The molecule has 11 nitrogen and oxygen atoms in total. The molecular formula is C25H31ClFN5O6. The summed E-state index contributed by atoms with van der Waals surface area (Å²) in [6, 6.07) is 5.86. The number of hydrogen-bond acceptors (Lipinski definition) is 7. The molecule has 0 aliphatic heterocycles. The van der Waals surface area contributed by atoms with E-state index < -0.39 is 54.4 Å². The zero-order valence-electron chi connectivity index (χ0n) is 21.3. The van der Waals surface area contributed by atoms with Crippen LogP contribution in [0.4, 0.5) is 15.8 Å². The number of rotatable bonds is 11. The predicted molar refractivity (Wildman–Crippen MR) is 140 cm³/mol. The molecule has 1 atom stereocenters. The first-order valence-corrected chi connectivity index (χ1v) is 12.3. The SMILES string of the molecule is CCCCOC(=O)CN(NC(=O)C(C(C)C)n1cccc(NC(=O)c2ccc(N)c(Cl)c2)c1=O)C(=O)CF. The van der Waals surface area contributed by atoms with Crippen molar-refractivity contribution >= 4 is 46.7 Å². The molecule has 206 valence electrons. The van der Waals surface area contributed by atoms with Crippen LogP contribution < -0.4 is 22.0 Å². The number of hydrogen-bond donors (Lipinski definition) is 3. The molecule has 0 bridgehead atoms. The van der Waals surface area contributed by atoms with Crippen LogP contribution >= 0.6 is 11.6 Å². The summed E-state index contributed by atoms with van der Waals surface area (Å²) in [6.45, 7) is 3.14. The van der Waals surface area contributed by atoms with Crippen LogP contribution in [0.2, 0.25) is 5.02 Å². The minimum Gasteiger partial charge on any atom is -0.464 e. The molecule has 0 saturated carbocycles. The van der Waals surface area contributed by atoms with Crippen molar-refractivity contribution in [1.29, 1.82) is 0 Å². The summed E-state index contributed by atoms with van der Waals surface area (Å²) in [5.74, 6) is -3.96. The van der Waals surface area contributed by atoms with Gasteiger partial charge in [-0.15, -0.1) is 0 Å². The van der Waals surface area contributed by atoms with Crippen LogP contribution in [0.15, 0.2) is 41.3 Å². The molecule has 0 aliphatic rings. The summed E-state index contributed by atoms with van der Waals surface area (Å²) < 4.78 is 19.2. The van der Waals surface area contributed by atoms with Gasteiger partial charge in [0.2, 0.25) is 0 Å². The topological polar surface area (TPSA) is 153 Å². The summed E-state index contributed by atoms with van der Waals surface area (Å²) >= 11 is 5.97. The standard InChI is InChI=1S/C25H31ClFN5O6/c1-4-5-11-38-21(34)14-32(20(33)13-27)30-24(36)22(15(2)3)31-10-6-7-19(25(31)37)29-23(35)16-8-9-18(28)17(26)12-16/h6-10,12,15,22H,4-5,11,13-14,28H2,1-3H3,(H,29,35)(H,30,36). The second-order valence-electron chi connectivity index (χ2n) is 8.68.